The molecule has 1 aliphatic rings. The number of ether oxygens (including phenoxy) is 1. The van der Waals surface area contributed by atoms with Crippen LogP contribution in [0.25, 0.3) is 11.4 Å². The fourth-order valence-electron chi connectivity index (χ4n) is 4.56. The van der Waals surface area contributed by atoms with Gasteiger partial charge in [0.1, 0.15) is 17.1 Å². The van der Waals surface area contributed by atoms with Crippen molar-refractivity contribution in [2.24, 2.45) is 0 Å². The molecule has 4 heterocycles. The predicted molar refractivity (Wildman–Crippen MR) is 130 cm³/mol. The summed E-state index contributed by atoms with van der Waals surface area (Å²) in [5.41, 5.74) is 3.95. The number of pyridine rings is 2. The van der Waals surface area contributed by atoms with E-state index in [1.165, 1.54) is 4.90 Å². The molecule has 1 N–H and O–H groups in total. The molecule has 35 heavy (non-hydrogen) atoms. The Morgan fingerprint density at radius 3 is 2.66 bits per heavy atom. The second-order valence-corrected chi connectivity index (χ2v) is 8.50. The quantitative estimate of drug-likeness (QED) is 0.270. The maximum absolute atomic E-state index is 13.4. The molecule has 3 aromatic heterocycles. The van der Waals surface area contributed by atoms with Gasteiger partial charge in [-0.1, -0.05) is 24.3 Å². The van der Waals surface area contributed by atoms with Crippen LogP contribution in [0.5, 0.6) is 5.75 Å². The van der Waals surface area contributed by atoms with Crippen LogP contribution in [0.4, 0.5) is 0 Å². The summed E-state index contributed by atoms with van der Waals surface area (Å²) in [7, 11) is 1.55. The van der Waals surface area contributed by atoms with Crippen LogP contribution in [-0.4, -0.2) is 43.2 Å². The summed E-state index contributed by atoms with van der Waals surface area (Å²) in [5.74, 6) is -1.17. The van der Waals surface area contributed by atoms with Gasteiger partial charge < -0.3 is 19.1 Å². The van der Waals surface area contributed by atoms with Crippen LogP contribution in [0.3, 0.4) is 0 Å². The fourth-order valence-corrected chi connectivity index (χ4v) is 4.56. The minimum Gasteiger partial charge on any atom is -0.505 e. The number of fused-ring (bicyclic) bond motifs is 1. The van der Waals surface area contributed by atoms with Gasteiger partial charge in [-0.15, -0.1) is 0 Å². The topological polar surface area (TPSA) is 97.0 Å². The van der Waals surface area contributed by atoms with Crippen molar-refractivity contribution in [1.29, 1.82) is 0 Å². The number of aliphatic hydroxyl groups is 1. The third-order valence-electron chi connectivity index (χ3n) is 6.33. The zero-order valence-corrected chi connectivity index (χ0v) is 19.6. The first kappa shape index (κ1) is 22.3. The predicted octanol–water partition coefficient (Wildman–Crippen LogP) is 3.98. The number of aliphatic hydroxyl groups excluding tert-OH is 1. The van der Waals surface area contributed by atoms with Crippen LogP contribution in [0.15, 0.2) is 72.7 Å². The summed E-state index contributed by atoms with van der Waals surface area (Å²) in [6.07, 6.45) is 5.14. The van der Waals surface area contributed by atoms with Crippen LogP contribution in [0, 0.1) is 13.8 Å². The molecule has 4 aromatic rings. The first-order chi connectivity index (χ1) is 16.9. The number of amides is 1. The maximum Gasteiger partial charge on any atom is 0.295 e. The number of Topliss-reactive ketones (excluding diaryl/α,β-unsaturated/α-hetero) is 1. The molecular formula is C27H24N4O4. The Hall–Kier alpha value is -4.46. The summed E-state index contributed by atoms with van der Waals surface area (Å²) in [4.78, 5) is 36.8. The van der Waals surface area contributed by atoms with Crippen molar-refractivity contribution in [1.82, 2.24) is 19.3 Å². The first-order valence-corrected chi connectivity index (χ1v) is 11.2. The molecule has 0 aliphatic carbocycles. The number of ketones is 1. The molecule has 1 aromatic carbocycles. The van der Waals surface area contributed by atoms with E-state index in [4.69, 9.17) is 4.74 Å². The summed E-state index contributed by atoms with van der Waals surface area (Å²) < 4.78 is 7.24. The second-order valence-electron chi connectivity index (χ2n) is 8.50. The molecule has 8 heteroatoms. The first-order valence-electron chi connectivity index (χ1n) is 11.2. The molecule has 0 bridgehead atoms. The number of aryl methyl sites for hydroxylation is 2. The zero-order chi connectivity index (χ0) is 24.7. The van der Waals surface area contributed by atoms with Crippen molar-refractivity contribution < 1.29 is 19.4 Å². The molecule has 8 nitrogen and oxygen atoms in total. The Morgan fingerprint density at radius 2 is 1.94 bits per heavy atom. The molecule has 176 valence electrons. The molecule has 0 saturated carbocycles. The van der Waals surface area contributed by atoms with E-state index in [1.54, 1.807) is 43.8 Å². The highest BCUT2D eigenvalue weighted by Gasteiger charge is 2.46. The van der Waals surface area contributed by atoms with Gasteiger partial charge in [0, 0.05) is 25.1 Å². The van der Waals surface area contributed by atoms with E-state index in [2.05, 4.69) is 9.97 Å². The zero-order valence-electron chi connectivity index (χ0n) is 19.6. The van der Waals surface area contributed by atoms with Crippen LogP contribution in [0.2, 0.25) is 0 Å². The van der Waals surface area contributed by atoms with Gasteiger partial charge in [-0.25, -0.2) is 4.98 Å². The lowest BCUT2D eigenvalue weighted by Crippen LogP contribution is -2.29. The minimum absolute atomic E-state index is 0.00342. The average molecular weight is 469 g/mol. The Labute approximate surface area is 202 Å². The molecule has 0 spiro atoms. The van der Waals surface area contributed by atoms with Gasteiger partial charge in [0.05, 0.1) is 24.4 Å². The number of nitrogens with zero attached hydrogens (tertiary/aromatic N) is 4. The standard InChI is InChI=1S/C27H24N4O4/c1-16-7-6-12-30-17(2)22(29-26(16)30)24(32)21-23(19-9-4-10-20(13-19)35-3)31(27(34)25(21)33)15-18-8-5-11-28-14-18/h4-14,23,32H,15H2,1-3H3/b24-21+. The number of hydrogen-bond acceptors (Lipinski definition) is 6. The van der Waals surface area contributed by atoms with Crippen molar-refractivity contribution in [3.63, 3.8) is 0 Å². The molecule has 5 rings (SSSR count). The Balaban J connectivity index is 1.72. The summed E-state index contributed by atoms with van der Waals surface area (Å²) in [6, 6.07) is 13.8. The van der Waals surface area contributed by atoms with Crippen LogP contribution >= 0.6 is 0 Å². The minimum atomic E-state index is -0.824. The summed E-state index contributed by atoms with van der Waals surface area (Å²) >= 11 is 0. The molecule has 1 fully saturated rings. The van der Waals surface area contributed by atoms with Gasteiger partial charge in [0.15, 0.2) is 5.76 Å². The lowest BCUT2D eigenvalue weighted by Gasteiger charge is -2.25. The number of methoxy groups -OCH3 is 1. The molecule has 1 aliphatic heterocycles. The molecule has 1 atom stereocenters. The van der Waals surface area contributed by atoms with Crippen molar-refractivity contribution in [2.75, 3.05) is 7.11 Å². The van der Waals surface area contributed by atoms with Gasteiger partial charge in [-0.2, -0.15) is 0 Å². The van der Waals surface area contributed by atoms with Crippen LogP contribution in [-0.2, 0) is 16.1 Å². The number of likely N-dealkylation sites (tertiary alicyclic amines) is 1. The lowest BCUT2D eigenvalue weighted by molar-refractivity contribution is -0.140. The SMILES string of the molecule is COc1cccc(C2/C(=C(\O)c3nc4c(C)cccn4c3C)C(=O)C(=O)N2Cc2cccnc2)c1. The maximum atomic E-state index is 13.4. The molecular weight excluding hydrogens is 444 g/mol. The van der Waals surface area contributed by atoms with Crippen molar-refractivity contribution in [2.45, 2.75) is 26.4 Å². The number of carbonyl (C=O) groups is 2. The van der Waals surface area contributed by atoms with Crippen molar-refractivity contribution >= 4 is 23.1 Å². The van der Waals surface area contributed by atoms with Crippen LogP contribution in [0.1, 0.15) is 34.1 Å². The largest absolute Gasteiger partial charge is 0.505 e. The average Bonchev–Trinajstić information content (AvgIpc) is 3.34. The normalized spacial score (nSPS) is 17.3. The third kappa shape index (κ3) is 3.73. The monoisotopic (exact) mass is 468 g/mol. The third-order valence-corrected chi connectivity index (χ3v) is 6.33. The number of aromatic nitrogens is 3. The smallest absolute Gasteiger partial charge is 0.295 e. The van der Waals surface area contributed by atoms with Gasteiger partial charge in [-0.05, 0) is 54.8 Å². The number of imidazole rings is 1. The van der Waals surface area contributed by atoms with E-state index in [9.17, 15) is 14.7 Å². The Kier molecular flexibility index (Phi) is 5.56. The highest BCUT2D eigenvalue weighted by Crippen LogP contribution is 2.41. The second kappa shape index (κ2) is 8.72. The highest BCUT2D eigenvalue weighted by atomic mass is 16.5. The number of benzene rings is 1. The number of rotatable bonds is 5. The molecule has 1 saturated heterocycles. The fraction of sp³-hybridized carbons (Fsp3) is 0.185. The van der Waals surface area contributed by atoms with E-state index in [0.717, 1.165) is 11.1 Å². The van der Waals surface area contributed by atoms with Crippen molar-refractivity contribution in [3.05, 3.63) is 101 Å². The summed E-state index contributed by atoms with van der Waals surface area (Å²) in [6.45, 7) is 3.90. The van der Waals surface area contributed by atoms with E-state index in [1.807, 2.05) is 48.7 Å². The Bertz CT molecular complexity index is 1490. The Morgan fingerprint density at radius 1 is 1.11 bits per heavy atom. The lowest BCUT2D eigenvalue weighted by atomic mass is 9.96. The number of carbonyl (C=O) groups excluding carboxylic acids is 2. The van der Waals surface area contributed by atoms with Gasteiger partial charge >= 0.3 is 0 Å². The van der Waals surface area contributed by atoms with E-state index in [-0.39, 0.29) is 23.6 Å². The highest BCUT2D eigenvalue weighted by molar-refractivity contribution is 6.46. The molecule has 1 amide bonds. The van der Waals surface area contributed by atoms with Crippen LogP contribution < -0.4 is 4.74 Å². The van der Waals surface area contributed by atoms with E-state index >= 15 is 0 Å². The van der Waals surface area contributed by atoms with Gasteiger partial charge in [-0.3, -0.25) is 14.6 Å². The van der Waals surface area contributed by atoms with Gasteiger partial charge in [0.25, 0.3) is 11.7 Å². The molecule has 0 radical (unpaired) electrons. The van der Waals surface area contributed by atoms with Crippen molar-refractivity contribution in [3.8, 4) is 5.75 Å². The van der Waals surface area contributed by atoms with E-state index < -0.39 is 17.7 Å². The summed E-state index contributed by atoms with van der Waals surface area (Å²) in [5, 5.41) is 11.5. The van der Waals surface area contributed by atoms with E-state index in [0.29, 0.717) is 22.7 Å². The molecule has 1 unspecified atom stereocenters. The van der Waals surface area contributed by atoms with Gasteiger partial charge in [0.2, 0.25) is 0 Å². The number of hydrogen-bond donors (Lipinski definition) is 1.